The summed E-state index contributed by atoms with van der Waals surface area (Å²) in [5.41, 5.74) is 3.17. The van der Waals surface area contributed by atoms with Gasteiger partial charge in [0, 0.05) is 44.0 Å². The standard InChI is InChI=1S/C18H23N3O3/c1-20(2)18(23)11-21-16-5-4-15(9-14(16)3-6-17(21)22)19-10-13-7-8-24-12-13/h3,6-8,12,15,19H,4-5,9-11H2,1-2H3. The van der Waals surface area contributed by atoms with Gasteiger partial charge in [0.1, 0.15) is 6.54 Å². The van der Waals surface area contributed by atoms with E-state index < -0.39 is 0 Å². The molecule has 3 rings (SSSR count). The maximum Gasteiger partial charge on any atom is 0.251 e. The summed E-state index contributed by atoms with van der Waals surface area (Å²) in [6.07, 6.45) is 6.03. The highest BCUT2D eigenvalue weighted by molar-refractivity contribution is 5.75. The van der Waals surface area contributed by atoms with E-state index in [0.29, 0.717) is 6.04 Å². The summed E-state index contributed by atoms with van der Waals surface area (Å²) < 4.78 is 6.71. The van der Waals surface area contributed by atoms with Gasteiger partial charge < -0.3 is 19.2 Å². The van der Waals surface area contributed by atoms with Crippen LogP contribution >= 0.6 is 0 Å². The first-order valence-electron chi connectivity index (χ1n) is 8.21. The lowest BCUT2D eigenvalue weighted by Crippen LogP contribution is -2.39. The second kappa shape index (κ2) is 7.05. The van der Waals surface area contributed by atoms with Crippen LogP contribution < -0.4 is 10.9 Å². The molecule has 1 aliphatic carbocycles. The Morgan fingerprint density at radius 1 is 1.38 bits per heavy atom. The van der Waals surface area contributed by atoms with Crippen LogP contribution in [-0.4, -0.2) is 35.5 Å². The van der Waals surface area contributed by atoms with Crippen LogP contribution in [0, 0.1) is 0 Å². The van der Waals surface area contributed by atoms with Crippen molar-refractivity contribution in [3.05, 3.63) is 57.9 Å². The summed E-state index contributed by atoms with van der Waals surface area (Å²) in [7, 11) is 3.41. The molecule has 0 bridgehead atoms. The maximum atomic E-state index is 12.2. The van der Waals surface area contributed by atoms with Crippen molar-refractivity contribution in [2.75, 3.05) is 14.1 Å². The van der Waals surface area contributed by atoms with E-state index in [-0.39, 0.29) is 18.0 Å². The third kappa shape index (κ3) is 3.59. The molecule has 0 saturated carbocycles. The molecule has 1 N–H and O–H groups in total. The van der Waals surface area contributed by atoms with E-state index in [0.717, 1.165) is 42.6 Å². The zero-order chi connectivity index (χ0) is 17.1. The number of nitrogens with one attached hydrogen (secondary N) is 1. The van der Waals surface area contributed by atoms with Crippen LogP contribution in [0.15, 0.2) is 39.9 Å². The number of hydrogen-bond donors (Lipinski definition) is 1. The van der Waals surface area contributed by atoms with Crippen molar-refractivity contribution in [1.29, 1.82) is 0 Å². The molecule has 0 aromatic carbocycles. The van der Waals surface area contributed by atoms with Crippen LogP contribution in [-0.2, 0) is 30.7 Å². The number of hydrogen-bond acceptors (Lipinski definition) is 4. The number of nitrogens with zero attached hydrogens (tertiary/aromatic N) is 2. The van der Waals surface area contributed by atoms with Crippen molar-refractivity contribution >= 4 is 5.91 Å². The molecule has 0 radical (unpaired) electrons. The summed E-state index contributed by atoms with van der Waals surface area (Å²) in [5.74, 6) is -0.0642. The Morgan fingerprint density at radius 3 is 2.92 bits per heavy atom. The highest BCUT2D eigenvalue weighted by atomic mass is 16.3. The molecule has 1 amide bonds. The number of rotatable bonds is 5. The molecule has 2 heterocycles. The van der Waals surface area contributed by atoms with E-state index in [1.807, 2.05) is 12.1 Å². The average Bonchev–Trinajstić information content (AvgIpc) is 3.08. The van der Waals surface area contributed by atoms with Crippen molar-refractivity contribution in [3.8, 4) is 0 Å². The minimum atomic E-state index is -0.103. The molecule has 1 aliphatic rings. The highest BCUT2D eigenvalue weighted by Crippen LogP contribution is 2.20. The van der Waals surface area contributed by atoms with Crippen LogP contribution in [0.25, 0.3) is 0 Å². The Balaban J connectivity index is 1.73. The Kier molecular flexibility index (Phi) is 4.85. The number of fused-ring (bicyclic) bond motifs is 1. The summed E-state index contributed by atoms with van der Waals surface area (Å²) in [6.45, 7) is 0.886. The van der Waals surface area contributed by atoms with Crippen LogP contribution in [0.3, 0.4) is 0 Å². The highest BCUT2D eigenvalue weighted by Gasteiger charge is 2.22. The lowest BCUT2D eigenvalue weighted by atomic mass is 9.91. The van der Waals surface area contributed by atoms with Crippen LogP contribution in [0.2, 0.25) is 0 Å². The van der Waals surface area contributed by atoms with Crippen molar-refractivity contribution in [3.63, 3.8) is 0 Å². The minimum absolute atomic E-state index is 0.0642. The molecule has 6 heteroatoms. The molecule has 1 unspecified atom stereocenters. The van der Waals surface area contributed by atoms with Gasteiger partial charge >= 0.3 is 0 Å². The third-order valence-electron chi connectivity index (χ3n) is 4.55. The second-order valence-corrected chi connectivity index (χ2v) is 6.47. The molecule has 0 spiro atoms. The molecule has 6 nitrogen and oxygen atoms in total. The summed E-state index contributed by atoms with van der Waals surface area (Å²) in [4.78, 5) is 25.7. The number of furan rings is 1. The molecule has 1 atom stereocenters. The molecule has 0 saturated heterocycles. The van der Waals surface area contributed by atoms with Gasteiger partial charge in [-0.1, -0.05) is 6.07 Å². The van der Waals surface area contributed by atoms with Gasteiger partial charge in [-0.15, -0.1) is 0 Å². The fourth-order valence-electron chi connectivity index (χ4n) is 3.10. The third-order valence-corrected chi connectivity index (χ3v) is 4.55. The first kappa shape index (κ1) is 16.5. The van der Waals surface area contributed by atoms with Gasteiger partial charge in [-0.2, -0.15) is 0 Å². The fourth-order valence-corrected chi connectivity index (χ4v) is 3.10. The molecule has 2 aromatic rings. The van der Waals surface area contributed by atoms with E-state index in [2.05, 4.69) is 5.32 Å². The Bertz CT molecular complexity index is 762. The monoisotopic (exact) mass is 329 g/mol. The molecule has 24 heavy (non-hydrogen) atoms. The number of carbonyl (C=O) groups excluding carboxylic acids is 1. The molecule has 2 aromatic heterocycles. The van der Waals surface area contributed by atoms with Gasteiger partial charge in [-0.3, -0.25) is 9.59 Å². The number of amides is 1. The molecular formula is C18H23N3O3. The summed E-state index contributed by atoms with van der Waals surface area (Å²) in [6, 6.07) is 5.79. The van der Waals surface area contributed by atoms with E-state index in [4.69, 9.17) is 4.42 Å². The molecular weight excluding hydrogens is 306 g/mol. The van der Waals surface area contributed by atoms with Crippen molar-refractivity contribution < 1.29 is 9.21 Å². The maximum absolute atomic E-state index is 12.2. The van der Waals surface area contributed by atoms with Crippen LogP contribution in [0.1, 0.15) is 23.2 Å². The Labute approximate surface area is 141 Å². The van der Waals surface area contributed by atoms with Crippen LogP contribution in [0.4, 0.5) is 0 Å². The lowest BCUT2D eigenvalue weighted by Gasteiger charge is -2.28. The van der Waals surface area contributed by atoms with E-state index in [1.54, 1.807) is 37.3 Å². The smallest absolute Gasteiger partial charge is 0.251 e. The first-order chi connectivity index (χ1) is 11.5. The normalized spacial score (nSPS) is 16.7. The largest absolute Gasteiger partial charge is 0.472 e. The van der Waals surface area contributed by atoms with Gasteiger partial charge in [0.25, 0.3) is 5.56 Å². The number of pyridine rings is 1. The summed E-state index contributed by atoms with van der Waals surface area (Å²) >= 11 is 0. The Hall–Kier alpha value is -2.34. The Morgan fingerprint density at radius 2 is 2.21 bits per heavy atom. The summed E-state index contributed by atoms with van der Waals surface area (Å²) in [5, 5.41) is 3.54. The van der Waals surface area contributed by atoms with Crippen LogP contribution in [0.5, 0.6) is 0 Å². The first-order valence-corrected chi connectivity index (χ1v) is 8.21. The van der Waals surface area contributed by atoms with Gasteiger partial charge in [0.15, 0.2) is 0 Å². The molecule has 0 aliphatic heterocycles. The van der Waals surface area contributed by atoms with Gasteiger partial charge in [0.05, 0.1) is 12.5 Å². The van der Waals surface area contributed by atoms with Gasteiger partial charge in [0.2, 0.25) is 5.91 Å². The van der Waals surface area contributed by atoms with Gasteiger partial charge in [-0.25, -0.2) is 0 Å². The second-order valence-electron chi connectivity index (χ2n) is 6.47. The van der Waals surface area contributed by atoms with E-state index in [1.165, 1.54) is 4.90 Å². The minimum Gasteiger partial charge on any atom is -0.472 e. The fraction of sp³-hybridized carbons (Fsp3) is 0.444. The van der Waals surface area contributed by atoms with Crippen molar-refractivity contribution in [2.45, 2.75) is 38.4 Å². The molecule has 128 valence electrons. The topological polar surface area (TPSA) is 67.5 Å². The number of aromatic nitrogens is 1. The number of carbonyl (C=O) groups is 1. The van der Waals surface area contributed by atoms with Crippen molar-refractivity contribution in [1.82, 2.24) is 14.8 Å². The average molecular weight is 329 g/mol. The van der Waals surface area contributed by atoms with E-state index in [9.17, 15) is 9.59 Å². The number of likely N-dealkylation sites (N-methyl/N-ethyl adjacent to an activating group) is 1. The predicted octanol–water partition coefficient (Wildman–Crippen LogP) is 1.18. The van der Waals surface area contributed by atoms with Gasteiger partial charge in [-0.05, 0) is 30.9 Å². The lowest BCUT2D eigenvalue weighted by molar-refractivity contribution is -0.129. The zero-order valence-corrected chi connectivity index (χ0v) is 14.1. The van der Waals surface area contributed by atoms with E-state index >= 15 is 0 Å². The predicted molar refractivity (Wildman–Crippen MR) is 90.8 cm³/mol. The quantitative estimate of drug-likeness (QED) is 0.894. The zero-order valence-electron chi connectivity index (χ0n) is 14.1. The van der Waals surface area contributed by atoms with Crippen molar-refractivity contribution in [2.24, 2.45) is 0 Å². The SMILES string of the molecule is CN(C)C(=O)Cn1c2c(ccc1=O)CC(NCc1ccoc1)CC2. The molecule has 0 fully saturated rings.